The lowest BCUT2D eigenvalue weighted by atomic mass is 10.0. The predicted octanol–water partition coefficient (Wildman–Crippen LogP) is 5.25. The average molecular weight is 475 g/mol. The van der Waals surface area contributed by atoms with Crippen molar-refractivity contribution in [1.29, 1.82) is 0 Å². The zero-order valence-corrected chi connectivity index (χ0v) is 21.2. The van der Waals surface area contributed by atoms with Gasteiger partial charge in [-0.3, -0.25) is 4.79 Å². The molecule has 0 spiro atoms. The van der Waals surface area contributed by atoms with Crippen LogP contribution < -0.4 is 0 Å². The van der Waals surface area contributed by atoms with E-state index < -0.39 is 24.4 Å². The van der Waals surface area contributed by atoms with Gasteiger partial charge in [-0.25, -0.2) is 9.78 Å². The van der Waals surface area contributed by atoms with Crippen molar-refractivity contribution in [1.82, 2.24) is 0 Å². The fourth-order valence-electron chi connectivity index (χ4n) is 4.28. The molecule has 196 valence electrons. The highest BCUT2D eigenvalue weighted by molar-refractivity contribution is 5.69. The van der Waals surface area contributed by atoms with Gasteiger partial charge in [0.25, 0.3) is 0 Å². The van der Waals surface area contributed by atoms with Gasteiger partial charge in [0.1, 0.15) is 18.3 Å². The smallest absolute Gasteiger partial charge is 0.306 e. The Kier molecular flexibility index (Phi) is 18.9. The molecule has 1 aliphatic heterocycles. The molecule has 1 aliphatic rings. The molecule has 0 aromatic carbocycles. The second-order valence-corrected chi connectivity index (χ2v) is 9.24. The van der Waals surface area contributed by atoms with Crippen molar-refractivity contribution in [3.8, 4) is 0 Å². The van der Waals surface area contributed by atoms with Crippen molar-refractivity contribution in [2.75, 3.05) is 19.8 Å². The first-order valence-corrected chi connectivity index (χ1v) is 13.5. The lowest BCUT2D eigenvalue weighted by Crippen LogP contribution is -2.44. The summed E-state index contributed by atoms with van der Waals surface area (Å²) >= 11 is 0. The Hall–Kier alpha value is -0.730. The highest BCUT2D eigenvalue weighted by Crippen LogP contribution is 2.24. The van der Waals surface area contributed by atoms with Gasteiger partial charge in [0.2, 0.25) is 0 Å². The SMILES string of the molecule is CCCCCCCCCCCCCCCCCC(=O)O[C@H]1[C@@H]([C@@H](CO)OOCC)OC[C@@H]1O. The number of rotatable bonds is 22. The molecule has 7 nitrogen and oxygen atoms in total. The fourth-order valence-corrected chi connectivity index (χ4v) is 4.28. The van der Waals surface area contributed by atoms with Crippen LogP contribution in [0.1, 0.15) is 117 Å². The van der Waals surface area contributed by atoms with Gasteiger partial charge in [0, 0.05) is 6.42 Å². The predicted molar refractivity (Wildman–Crippen MR) is 129 cm³/mol. The Morgan fingerprint density at radius 2 is 1.39 bits per heavy atom. The fraction of sp³-hybridized carbons (Fsp3) is 0.962. The Balaban J connectivity index is 2.02. The molecule has 0 aromatic heterocycles. The van der Waals surface area contributed by atoms with E-state index in [0.29, 0.717) is 13.0 Å². The third-order valence-corrected chi connectivity index (χ3v) is 6.27. The number of hydrogen-bond donors (Lipinski definition) is 2. The Morgan fingerprint density at radius 1 is 0.879 bits per heavy atom. The van der Waals surface area contributed by atoms with Gasteiger partial charge in [-0.1, -0.05) is 96.8 Å². The van der Waals surface area contributed by atoms with Crippen LogP contribution in [-0.4, -0.2) is 60.4 Å². The molecule has 7 heteroatoms. The molecule has 0 aromatic rings. The number of ether oxygens (including phenoxy) is 2. The first kappa shape index (κ1) is 30.3. The average Bonchev–Trinajstić information content (AvgIpc) is 3.17. The molecular weight excluding hydrogens is 424 g/mol. The van der Waals surface area contributed by atoms with Crippen molar-refractivity contribution in [3.05, 3.63) is 0 Å². The summed E-state index contributed by atoms with van der Waals surface area (Å²) in [7, 11) is 0. The molecule has 0 saturated carbocycles. The summed E-state index contributed by atoms with van der Waals surface area (Å²) in [5.41, 5.74) is 0. The molecular formula is C26H50O7. The summed E-state index contributed by atoms with van der Waals surface area (Å²) in [6, 6.07) is 0. The van der Waals surface area contributed by atoms with Crippen molar-refractivity contribution in [3.63, 3.8) is 0 Å². The standard InChI is InChI=1S/C26H50O7/c1-3-5-6-7-8-9-10-11-12-13-14-15-16-17-18-19-24(29)32-25-22(28)21-30-26(25)23(20-27)33-31-4-2/h22-23,25-28H,3-21H2,1-2H3/t22-,23+,25+,26+/m0/s1. The van der Waals surface area contributed by atoms with E-state index in [4.69, 9.17) is 19.2 Å². The van der Waals surface area contributed by atoms with E-state index in [1.807, 2.05) is 0 Å². The number of aliphatic hydroxyl groups excluding tert-OH is 2. The lowest BCUT2D eigenvalue weighted by Gasteiger charge is -2.26. The van der Waals surface area contributed by atoms with Crippen LogP contribution in [0.3, 0.4) is 0 Å². The zero-order valence-electron chi connectivity index (χ0n) is 21.2. The summed E-state index contributed by atoms with van der Waals surface area (Å²) in [5, 5.41) is 19.6. The van der Waals surface area contributed by atoms with Gasteiger partial charge >= 0.3 is 5.97 Å². The number of carbonyl (C=O) groups is 1. The minimum Gasteiger partial charge on any atom is -0.457 e. The van der Waals surface area contributed by atoms with Crippen molar-refractivity contribution < 1.29 is 34.3 Å². The molecule has 0 unspecified atom stereocenters. The van der Waals surface area contributed by atoms with Gasteiger partial charge in [-0.15, -0.1) is 0 Å². The van der Waals surface area contributed by atoms with Crippen LogP contribution in [0.5, 0.6) is 0 Å². The number of hydrogen-bond acceptors (Lipinski definition) is 7. The molecule has 2 N–H and O–H groups in total. The number of esters is 1. The molecule has 1 heterocycles. The van der Waals surface area contributed by atoms with Crippen LogP contribution in [0.15, 0.2) is 0 Å². The number of unbranched alkanes of at least 4 members (excludes halogenated alkanes) is 14. The molecule has 33 heavy (non-hydrogen) atoms. The van der Waals surface area contributed by atoms with Crippen LogP contribution in [0.25, 0.3) is 0 Å². The molecule has 1 rings (SSSR count). The van der Waals surface area contributed by atoms with Gasteiger partial charge in [-0.05, 0) is 13.3 Å². The maximum Gasteiger partial charge on any atom is 0.306 e. The molecule has 1 saturated heterocycles. The quantitative estimate of drug-likeness (QED) is 0.0958. The summed E-state index contributed by atoms with van der Waals surface area (Å²) in [4.78, 5) is 22.2. The normalized spacial score (nSPS) is 21.4. The summed E-state index contributed by atoms with van der Waals surface area (Å²) in [6.45, 7) is 4.01. The third kappa shape index (κ3) is 14.3. The summed E-state index contributed by atoms with van der Waals surface area (Å²) < 4.78 is 10.9. The lowest BCUT2D eigenvalue weighted by molar-refractivity contribution is -0.343. The first-order valence-electron chi connectivity index (χ1n) is 13.5. The van der Waals surface area contributed by atoms with Crippen LogP contribution in [0.4, 0.5) is 0 Å². The highest BCUT2D eigenvalue weighted by atomic mass is 17.2. The Labute approximate surface area is 201 Å². The number of aliphatic hydroxyl groups is 2. The van der Waals surface area contributed by atoms with E-state index in [1.165, 1.54) is 77.0 Å². The van der Waals surface area contributed by atoms with E-state index in [1.54, 1.807) is 6.92 Å². The van der Waals surface area contributed by atoms with Crippen molar-refractivity contribution >= 4 is 5.97 Å². The zero-order chi connectivity index (χ0) is 24.2. The monoisotopic (exact) mass is 474 g/mol. The Bertz CT molecular complexity index is 460. The molecule has 0 radical (unpaired) electrons. The number of carbonyl (C=O) groups excluding carboxylic acids is 1. The van der Waals surface area contributed by atoms with Crippen LogP contribution in [0, 0.1) is 0 Å². The van der Waals surface area contributed by atoms with E-state index in [0.717, 1.165) is 19.3 Å². The maximum absolute atomic E-state index is 12.2. The van der Waals surface area contributed by atoms with Crippen molar-refractivity contribution in [2.45, 2.75) is 141 Å². The van der Waals surface area contributed by atoms with E-state index in [9.17, 15) is 15.0 Å². The first-order chi connectivity index (χ1) is 16.1. The summed E-state index contributed by atoms with van der Waals surface area (Å²) in [6.07, 6.45) is 16.1. The maximum atomic E-state index is 12.2. The Morgan fingerprint density at radius 3 is 1.88 bits per heavy atom. The molecule has 4 atom stereocenters. The van der Waals surface area contributed by atoms with Gasteiger partial charge in [0.05, 0.1) is 19.8 Å². The van der Waals surface area contributed by atoms with Gasteiger partial charge < -0.3 is 19.7 Å². The van der Waals surface area contributed by atoms with E-state index >= 15 is 0 Å². The largest absolute Gasteiger partial charge is 0.457 e. The van der Waals surface area contributed by atoms with Crippen LogP contribution in [0.2, 0.25) is 0 Å². The second kappa shape index (κ2) is 20.6. The highest BCUT2D eigenvalue weighted by Gasteiger charge is 2.44. The molecule has 1 fully saturated rings. The van der Waals surface area contributed by atoms with Gasteiger partial charge in [-0.2, -0.15) is 0 Å². The molecule has 0 bridgehead atoms. The van der Waals surface area contributed by atoms with E-state index in [-0.39, 0.29) is 19.2 Å². The minimum atomic E-state index is -0.931. The van der Waals surface area contributed by atoms with Crippen LogP contribution >= 0.6 is 0 Å². The molecule has 0 amide bonds. The molecule has 0 aliphatic carbocycles. The van der Waals surface area contributed by atoms with Gasteiger partial charge in [0.15, 0.2) is 6.10 Å². The van der Waals surface area contributed by atoms with Crippen LogP contribution in [-0.2, 0) is 24.0 Å². The van der Waals surface area contributed by atoms with E-state index in [2.05, 4.69) is 6.92 Å². The van der Waals surface area contributed by atoms with Crippen molar-refractivity contribution in [2.24, 2.45) is 0 Å². The minimum absolute atomic E-state index is 0.0353. The third-order valence-electron chi connectivity index (χ3n) is 6.27. The second-order valence-electron chi connectivity index (χ2n) is 9.24. The summed E-state index contributed by atoms with van der Waals surface area (Å²) in [5.74, 6) is -0.350. The topological polar surface area (TPSA) is 94.5 Å².